The van der Waals surface area contributed by atoms with Crippen molar-refractivity contribution in [3.63, 3.8) is 0 Å². The molecule has 0 saturated heterocycles. The summed E-state index contributed by atoms with van der Waals surface area (Å²) in [5.41, 5.74) is 3.38. The number of hydrogen-bond acceptors (Lipinski definition) is 5. The summed E-state index contributed by atoms with van der Waals surface area (Å²) in [6, 6.07) is 9.95. The van der Waals surface area contributed by atoms with Crippen molar-refractivity contribution in [3.05, 3.63) is 65.5 Å². The molecule has 0 aliphatic heterocycles. The molecule has 2 N–H and O–H groups in total. The molecule has 0 atom stereocenters. The molecule has 0 unspecified atom stereocenters. The zero-order valence-electron chi connectivity index (χ0n) is 13.2. The lowest BCUT2D eigenvalue weighted by Gasteiger charge is -2.21. The van der Waals surface area contributed by atoms with Crippen molar-refractivity contribution >= 4 is 15.9 Å². The maximum atomic E-state index is 12.3. The molecule has 2 aromatic rings. The first kappa shape index (κ1) is 18.1. The number of nitrogens with one attached hydrogen (secondary N) is 1. The molecule has 0 fully saturated rings. The fraction of sp³-hybridized carbons (Fsp3) is 0.250. The number of sulfonamides is 1. The molecule has 2 rings (SSSR count). The third-order valence-electron chi connectivity index (χ3n) is 3.52. The number of nitrogens with zero attached hydrogens (tertiary/aromatic N) is 2. The zero-order chi connectivity index (χ0) is 17.6. The van der Waals surface area contributed by atoms with Gasteiger partial charge < -0.3 is 0 Å². The number of carbonyl (C=O) groups is 1. The Kier molecular flexibility index (Phi) is 6.02. The second-order valence-electron chi connectivity index (χ2n) is 5.17. The van der Waals surface area contributed by atoms with Crippen molar-refractivity contribution in [1.29, 1.82) is 0 Å². The maximum absolute atomic E-state index is 12.3. The van der Waals surface area contributed by atoms with Crippen LogP contribution in [-0.4, -0.2) is 34.6 Å². The zero-order valence-corrected chi connectivity index (χ0v) is 14.0. The van der Waals surface area contributed by atoms with Crippen LogP contribution < -0.4 is 5.48 Å². The molecule has 1 aromatic heterocycles. The second kappa shape index (κ2) is 8.00. The average molecular weight is 349 g/mol. The Morgan fingerprint density at radius 2 is 1.83 bits per heavy atom. The summed E-state index contributed by atoms with van der Waals surface area (Å²) in [4.78, 5) is 15.3. The smallest absolute Gasteiger partial charge is 0.274 e. The van der Waals surface area contributed by atoms with E-state index in [0.717, 1.165) is 11.1 Å². The molecule has 1 amide bonds. The average Bonchev–Trinajstić information content (AvgIpc) is 2.62. The van der Waals surface area contributed by atoms with E-state index in [1.807, 2.05) is 6.07 Å². The highest BCUT2D eigenvalue weighted by Gasteiger charge is 2.21. The number of hydrogen-bond donors (Lipinski definition) is 2. The molecule has 1 heterocycles. The summed E-state index contributed by atoms with van der Waals surface area (Å²) in [7, 11) is -3.40. The molecule has 0 bridgehead atoms. The van der Waals surface area contributed by atoms with E-state index >= 15 is 0 Å². The molecule has 1 aromatic carbocycles. The van der Waals surface area contributed by atoms with Gasteiger partial charge in [-0.2, -0.15) is 4.31 Å². The van der Waals surface area contributed by atoms with Crippen molar-refractivity contribution in [2.24, 2.45) is 0 Å². The highest BCUT2D eigenvalue weighted by Crippen LogP contribution is 2.15. The SMILES string of the molecule is CCS(=O)(=O)N(Cc1ccc(C(=O)NO)cc1)Cc1cccnc1. The molecule has 0 aliphatic rings. The predicted octanol–water partition coefficient (Wildman–Crippen LogP) is 1.55. The number of amides is 1. The second-order valence-corrected chi connectivity index (χ2v) is 7.43. The summed E-state index contributed by atoms with van der Waals surface area (Å²) in [6.45, 7) is 2.01. The Balaban J connectivity index is 2.21. The largest absolute Gasteiger partial charge is 0.288 e. The Labute approximate surface area is 141 Å². The van der Waals surface area contributed by atoms with Crippen LogP contribution in [0.1, 0.15) is 28.4 Å². The van der Waals surface area contributed by atoms with E-state index < -0.39 is 15.9 Å². The van der Waals surface area contributed by atoms with Crippen LogP contribution in [-0.2, 0) is 23.1 Å². The normalized spacial score (nSPS) is 11.5. The van der Waals surface area contributed by atoms with Gasteiger partial charge in [0.2, 0.25) is 10.0 Å². The van der Waals surface area contributed by atoms with Crippen LogP contribution in [0.3, 0.4) is 0 Å². The predicted molar refractivity (Wildman–Crippen MR) is 88.6 cm³/mol. The molecule has 24 heavy (non-hydrogen) atoms. The molecule has 128 valence electrons. The standard InChI is InChI=1S/C16H19N3O4S/c1-2-24(22,23)19(12-14-4-3-9-17-10-14)11-13-5-7-15(8-6-13)16(20)18-21/h3-10,21H,2,11-12H2,1H3,(H,18,20). The Morgan fingerprint density at radius 3 is 2.38 bits per heavy atom. The summed E-state index contributed by atoms with van der Waals surface area (Å²) in [6.07, 6.45) is 3.26. The number of aromatic nitrogens is 1. The number of benzene rings is 1. The Bertz CT molecular complexity index is 777. The van der Waals surface area contributed by atoms with Crippen molar-refractivity contribution in [1.82, 2.24) is 14.8 Å². The summed E-state index contributed by atoms with van der Waals surface area (Å²) < 4.78 is 26.1. The van der Waals surface area contributed by atoms with Crippen molar-refractivity contribution in [3.8, 4) is 0 Å². The first-order valence-corrected chi connectivity index (χ1v) is 8.97. The van der Waals surface area contributed by atoms with Gasteiger partial charge in [0, 0.05) is 31.0 Å². The van der Waals surface area contributed by atoms with Gasteiger partial charge in [-0.25, -0.2) is 13.9 Å². The molecule has 8 heteroatoms. The van der Waals surface area contributed by atoms with E-state index in [1.54, 1.807) is 43.0 Å². The van der Waals surface area contributed by atoms with Crippen molar-refractivity contribution in [2.75, 3.05) is 5.75 Å². The third-order valence-corrected chi connectivity index (χ3v) is 5.29. The fourth-order valence-electron chi connectivity index (χ4n) is 2.16. The van der Waals surface area contributed by atoms with Crippen LogP contribution in [0.25, 0.3) is 0 Å². The lowest BCUT2D eigenvalue weighted by molar-refractivity contribution is 0.0706. The minimum absolute atomic E-state index is 0.00172. The molecular formula is C16H19N3O4S. The first-order chi connectivity index (χ1) is 11.5. The van der Waals surface area contributed by atoms with E-state index in [4.69, 9.17) is 5.21 Å². The van der Waals surface area contributed by atoms with Gasteiger partial charge in [-0.15, -0.1) is 0 Å². The molecule has 0 radical (unpaired) electrons. The lowest BCUT2D eigenvalue weighted by Crippen LogP contribution is -2.31. The van der Waals surface area contributed by atoms with Gasteiger partial charge in [0.05, 0.1) is 5.75 Å². The van der Waals surface area contributed by atoms with Gasteiger partial charge in [-0.1, -0.05) is 18.2 Å². The van der Waals surface area contributed by atoms with Gasteiger partial charge in [0.1, 0.15) is 0 Å². The molecular weight excluding hydrogens is 330 g/mol. The van der Waals surface area contributed by atoms with Crippen molar-refractivity contribution in [2.45, 2.75) is 20.0 Å². The van der Waals surface area contributed by atoms with Gasteiger partial charge in [0.15, 0.2) is 0 Å². The summed E-state index contributed by atoms with van der Waals surface area (Å²) >= 11 is 0. The van der Waals surface area contributed by atoms with E-state index in [2.05, 4.69) is 4.98 Å². The highest BCUT2D eigenvalue weighted by molar-refractivity contribution is 7.89. The topological polar surface area (TPSA) is 99.6 Å². The highest BCUT2D eigenvalue weighted by atomic mass is 32.2. The van der Waals surface area contributed by atoms with E-state index in [9.17, 15) is 13.2 Å². The van der Waals surface area contributed by atoms with Gasteiger partial charge >= 0.3 is 0 Å². The summed E-state index contributed by atoms with van der Waals surface area (Å²) in [5, 5.41) is 8.61. The molecule has 0 saturated carbocycles. The fourth-order valence-corrected chi connectivity index (χ4v) is 3.22. The van der Waals surface area contributed by atoms with Crippen LogP contribution in [0, 0.1) is 0 Å². The van der Waals surface area contributed by atoms with Crippen molar-refractivity contribution < 1.29 is 18.4 Å². The van der Waals surface area contributed by atoms with E-state index in [-0.39, 0.29) is 18.8 Å². The molecule has 7 nitrogen and oxygen atoms in total. The number of rotatable bonds is 7. The Morgan fingerprint density at radius 1 is 1.17 bits per heavy atom. The van der Waals surface area contributed by atoms with Crippen LogP contribution >= 0.6 is 0 Å². The lowest BCUT2D eigenvalue weighted by atomic mass is 10.1. The maximum Gasteiger partial charge on any atom is 0.274 e. The summed E-state index contributed by atoms with van der Waals surface area (Å²) in [5.74, 6) is -0.618. The minimum Gasteiger partial charge on any atom is -0.288 e. The quantitative estimate of drug-likeness (QED) is 0.584. The van der Waals surface area contributed by atoms with Crippen LogP contribution in [0.4, 0.5) is 0 Å². The molecule has 0 spiro atoms. The van der Waals surface area contributed by atoms with Gasteiger partial charge in [-0.05, 0) is 36.2 Å². The van der Waals surface area contributed by atoms with Crippen LogP contribution in [0.5, 0.6) is 0 Å². The minimum atomic E-state index is -3.40. The van der Waals surface area contributed by atoms with E-state index in [1.165, 1.54) is 16.4 Å². The number of carbonyl (C=O) groups excluding carboxylic acids is 1. The monoisotopic (exact) mass is 349 g/mol. The number of pyridine rings is 1. The van der Waals surface area contributed by atoms with Crippen LogP contribution in [0.2, 0.25) is 0 Å². The first-order valence-electron chi connectivity index (χ1n) is 7.36. The van der Waals surface area contributed by atoms with Gasteiger partial charge in [-0.3, -0.25) is 15.0 Å². The molecule has 0 aliphatic carbocycles. The van der Waals surface area contributed by atoms with Crippen LogP contribution in [0.15, 0.2) is 48.8 Å². The van der Waals surface area contributed by atoms with Gasteiger partial charge in [0.25, 0.3) is 5.91 Å². The number of hydroxylamine groups is 1. The van der Waals surface area contributed by atoms with E-state index in [0.29, 0.717) is 5.56 Å². The third kappa shape index (κ3) is 4.60. The Hall–Kier alpha value is -2.29.